The van der Waals surface area contributed by atoms with Crippen LogP contribution >= 0.6 is 0 Å². The van der Waals surface area contributed by atoms with Gasteiger partial charge < -0.3 is 10.3 Å². The number of aromatic nitrogens is 2. The first-order valence-electron chi connectivity index (χ1n) is 7.22. The van der Waals surface area contributed by atoms with E-state index in [2.05, 4.69) is 32.0 Å². The van der Waals surface area contributed by atoms with E-state index in [0.717, 1.165) is 33.7 Å². The SMILES string of the molecule is Cc1cc2nc(-c3ccc(C)c(N)c3)n(CC#N)c2cc1C. The molecule has 0 amide bonds. The van der Waals surface area contributed by atoms with Gasteiger partial charge in [0.2, 0.25) is 0 Å². The summed E-state index contributed by atoms with van der Waals surface area (Å²) in [5.74, 6) is 0.785. The van der Waals surface area contributed by atoms with Crippen LogP contribution in [0.5, 0.6) is 0 Å². The number of rotatable bonds is 2. The van der Waals surface area contributed by atoms with Crippen LogP contribution in [-0.4, -0.2) is 9.55 Å². The van der Waals surface area contributed by atoms with Gasteiger partial charge in [-0.3, -0.25) is 0 Å². The molecule has 0 saturated carbocycles. The van der Waals surface area contributed by atoms with E-state index in [0.29, 0.717) is 0 Å². The van der Waals surface area contributed by atoms with Crippen LogP contribution in [0.4, 0.5) is 5.69 Å². The summed E-state index contributed by atoms with van der Waals surface area (Å²) in [6, 6.07) is 12.3. The first kappa shape index (κ1) is 14.2. The number of nitrogen functional groups attached to an aromatic ring is 1. The van der Waals surface area contributed by atoms with Crippen LogP contribution < -0.4 is 5.73 Å². The predicted molar refractivity (Wildman–Crippen MR) is 89.4 cm³/mol. The normalized spacial score (nSPS) is 10.8. The number of hydrogen-bond acceptors (Lipinski definition) is 3. The zero-order valence-corrected chi connectivity index (χ0v) is 13.0. The van der Waals surface area contributed by atoms with Gasteiger partial charge in [0.05, 0.1) is 17.1 Å². The van der Waals surface area contributed by atoms with Crippen LogP contribution in [-0.2, 0) is 6.54 Å². The maximum absolute atomic E-state index is 9.17. The monoisotopic (exact) mass is 290 g/mol. The number of fused-ring (bicyclic) bond motifs is 1. The molecular weight excluding hydrogens is 272 g/mol. The highest BCUT2D eigenvalue weighted by molar-refractivity contribution is 5.83. The van der Waals surface area contributed by atoms with Gasteiger partial charge in [0, 0.05) is 11.3 Å². The summed E-state index contributed by atoms with van der Waals surface area (Å²) < 4.78 is 1.95. The Hall–Kier alpha value is -2.80. The summed E-state index contributed by atoms with van der Waals surface area (Å²) in [5, 5.41) is 9.17. The minimum absolute atomic E-state index is 0.266. The van der Waals surface area contributed by atoms with Crippen molar-refractivity contribution >= 4 is 16.7 Å². The highest BCUT2D eigenvalue weighted by Gasteiger charge is 2.14. The zero-order valence-electron chi connectivity index (χ0n) is 13.0. The van der Waals surface area contributed by atoms with Gasteiger partial charge in [-0.1, -0.05) is 12.1 Å². The van der Waals surface area contributed by atoms with Gasteiger partial charge >= 0.3 is 0 Å². The highest BCUT2D eigenvalue weighted by Crippen LogP contribution is 2.28. The van der Waals surface area contributed by atoms with E-state index in [-0.39, 0.29) is 6.54 Å². The Bertz CT molecular complexity index is 913. The van der Waals surface area contributed by atoms with E-state index in [4.69, 9.17) is 16.0 Å². The Balaban J connectivity index is 2.30. The lowest BCUT2D eigenvalue weighted by Crippen LogP contribution is -2.00. The largest absolute Gasteiger partial charge is 0.398 e. The Morgan fingerprint density at radius 3 is 2.50 bits per heavy atom. The molecule has 0 radical (unpaired) electrons. The second-order valence-electron chi connectivity index (χ2n) is 5.68. The first-order chi connectivity index (χ1) is 10.5. The van der Waals surface area contributed by atoms with Crippen LogP contribution in [0.2, 0.25) is 0 Å². The van der Waals surface area contributed by atoms with Gasteiger partial charge in [0.1, 0.15) is 12.4 Å². The van der Waals surface area contributed by atoms with E-state index in [9.17, 15) is 0 Å². The number of nitrogens with zero attached hydrogens (tertiary/aromatic N) is 3. The van der Waals surface area contributed by atoms with Gasteiger partial charge in [-0.25, -0.2) is 4.98 Å². The molecule has 3 aromatic rings. The van der Waals surface area contributed by atoms with E-state index < -0.39 is 0 Å². The van der Waals surface area contributed by atoms with Crippen molar-refractivity contribution in [3.05, 3.63) is 47.0 Å². The third-order valence-corrected chi connectivity index (χ3v) is 4.13. The van der Waals surface area contributed by atoms with Gasteiger partial charge in [-0.2, -0.15) is 5.26 Å². The van der Waals surface area contributed by atoms with Crippen molar-refractivity contribution < 1.29 is 0 Å². The average Bonchev–Trinajstić information content (AvgIpc) is 2.81. The molecule has 0 bridgehead atoms. The maximum atomic E-state index is 9.17. The van der Waals surface area contributed by atoms with Crippen LogP contribution in [0.25, 0.3) is 22.4 Å². The maximum Gasteiger partial charge on any atom is 0.142 e. The predicted octanol–water partition coefficient (Wildman–Crippen LogP) is 3.73. The Morgan fingerprint density at radius 1 is 1.09 bits per heavy atom. The van der Waals surface area contributed by atoms with E-state index in [1.165, 1.54) is 11.1 Å². The smallest absolute Gasteiger partial charge is 0.142 e. The number of nitrogens with two attached hydrogens (primary N) is 1. The summed E-state index contributed by atoms with van der Waals surface area (Å²) in [6.07, 6.45) is 0. The molecule has 0 fully saturated rings. The summed E-state index contributed by atoms with van der Waals surface area (Å²) in [7, 11) is 0. The first-order valence-corrected chi connectivity index (χ1v) is 7.22. The van der Waals surface area contributed by atoms with E-state index in [1.54, 1.807) is 0 Å². The number of imidazole rings is 1. The molecule has 0 unspecified atom stereocenters. The molecular formula is C18H18N4. The molecule has 0 saturated heterocycles. The number of nitriles is 1. The van der Waals surface area contributed by atoms with E-state index >= 15 is 0 Å². The molecule has 4 nitrogen and oxygen atoms in total. The van der Waals surface area contributed by atoms with Crippen LogP contribution in [0.15, 0.2) is 30.3 Å². The lowest BCUT2D eigenvalue weighted by molar-refractivity contribution is 0.870. The second kappa shape index (κ2) is 5.19. The molecule has 0 aliphatic rings. The molecule has 0 spiro atoms. The molecule has 0 aliphatic carbocycles. The molecule has 110 valence electrons. The van der Waals surface area contributed by atoms with Crippen molar-refractivity contribution in [3.63, 3.8) is 0 Å². The minimum atomic E-state index is 0.266. The van der Waals surface area contributed by atoms with Crippen molar-refractivity contribution in [1.29, 1.82) is 5.26 Å². The van der Waals surface area contributed by atoms with Gasteiger partial charge in [-0.15, -0.1) is 0 Å². The summed E-state index contributed by atoms with van der Waals surface area (Å²) in [6.45, 7) is 6.38. The summed E-state index contributed by atoms with van der Waals surface area (Å²) in [4.78, 5) is 4.73. The Labute approximate surface area is 129 Å². The fourth-order valence-corrected chi connectivity index (χ4v) is 2.61. The number of anilines is 1. The number of aryl methyl sites for hydroxylation is 3. The third kappa shape index (κ3) is 2.21. The van der Waals surface area contributed by atoms with Gasteiger partial charge in [0.25, 0.3) is 0 Å². The lowest BCUT2D eigenvalue weighted by Gasteiger charge is -2.07. The topological polar surface area (TPSA) is 67.6 Å². The fraction of sp³-hybridized carbons (Fsp3) is 0.222. The van der Waals surface area contributed by atoms with Crippen molar-refractivity contribution in [3.8, 4) is 17.5 Å². The zero-order chi connectivity index (χ0) is 15.9. The molecule has 2 aromatic carbocycles. The standard InChI is InChI=1S/C18H18N4/c1-11-4-5-14(10-15(11)20)18-21-16-8-12(2)13(3)9-17(16)22(18)7-6-19/h4-5,8-10H,7,20H2,1-3H3. The quantitative estimate of drug-likeness (QED) is 0.731. The van der Waals surface area contributed by atoms with Crippen LogP contribution in [0, 0.1) is 32.1 Å². The minimum Gasteiger partial charge on any atom is -0.398 e. The van der Waals surface area contributed by atoms with Gasteiger partial charge in [0.15, 0.2) is 0 Å². The van der Waals surface area contributed by atoms with Crippen molar-refractivity contribution in [2.24, 2.45) is 0 Å². The van der Waals surface area contributed by atoms with Crippen molar-refractivity contribution in [2.75, 3.05) is 5.73 Å². The molecule has 0 aliphatic heterocycles. The Morgan fingerprint density at radius 2 is 1.82 bits per heavy atom. The molecule has 3 rings (SSSR count). The van der Waals surface area contributed by atoms with Crippen LogP contribution in [0.3, 0.4) is 0 Å². The molecule has 1 heterocycles. The molecule has 0 atom stereocenters. The lowest BCUT2D eigenvalue weighted by atomic mass is 10.1. The second-order valence-corrected chi connectivity index (χ2v) is 5.68. The third-order valence-electron chi connectivity index (χ3n) is 4.13. The molecule has 4 heteroatoms. The summed E-state index contributed by atoms with van der Waals surface area (Å²) >= 11 is 0. The molecule has 2 N–H and O–H groups in total. The Kier molecular flexibility index (Phi) is 3.34. The van der Waals surface area contributed by atoms with E-state index in [1.807, 2.05) is 29.7 Å². The summed E-state index contributed by atoms with van der Waals surface area (Å²) in [5.41, 5.74) is 13.0. The number of benzene rings is 2. The highest BCUT2D eigenvalue weighted by atomic mass is 15.1. The average molecular weight is 290 g/mol. The molecule has 1 aromatic heterocycles. The van der Waals surface area contributed by atoms with Crippen molar-refractivity contribution in [2.45, 2.75) is 27.3 Å². The van der Waals surface area contributed by atoms with Crippen LogP contribution in [0.1, 0.15) is 16.7 Å². The number of hydrogen-bond donors (Lipinski definition) is 1. The van der Waals surface area contributed by atoms with Crippen molar-refractivity contribution in [1.82, 2.24) is 9.55 Å². The van der Waals surface area contributed by atoms with Gasteiger partial charge in [-0.05, 0) is 55.7 Å². The fourth-order valence-electron chi connectivity index (χ4n) is 2.61. The molecule has 22 heavy (non-hydrogen) atoms.